The summed E-state index contributed by atoms with van der Waals surface area (Å²) in [6.45, 7) is 2.71. The molecule has 8 nitrogen and oxygen atoms in total. The number of rotatable bonds is 6. The van der Waals surface area contributed by atoms with Gasteiger partial charge in [0.1, 0.15) is 12.1 Å². The maximum absolute atomic E-state index is 12.7. The molecule has 1 aromatic carbocycles. The second-order valence-electron chi connectivity index (χ2n) is 7.30. The van der Waals surface area contributed by atoms with Crippen LogP contribution in [0, 0.1) is 6.92 Å². The molecule has 4 amide bonds. The van der Waals surface area contributed by atoms with Crippen LogP contribution in [0.4, 0.5) is 10.5 Å². The third-order valence-corrected chi connectivity index (χ3v) is 5.71. The molecule has 0 spiro atoms. The normalized spacial score (nSPS) is 24.0. The first-order valence-electron chi connectivity index (χ1n) is 9.54. The van der Waals surface area contributed by atoms with Crippen molar-refractivity contribution in [2.75, 3.05) is 18.4 Å². The largest absolute Gasteiger partial charge is 0.343 e. The summed E-state index contributed by atoms with van der Waals surface area (Å²) in [5.74, 6) is -0.246. The van der Waals surface area contributed by atoms with Gasteiger partial charge in [-0.15, -0.1) is 0 Å². The molecule has 152 valence electrons. The zero-order valence-electron chi connectivity index (χ0n) is 15.8. The average Bonchev–Trinajstić information content (AvgIpc) is 3.08. The summed E-state index contributed by atoms with van der Waals surface area (Å²) in [4.78, 5) is 39.0. The Labute approximate surface area is 169 Å². The highest BCUT2D eigenvalue weighted by Gasteiger charge is 2.46. The number of carbonyl (C=O) groups is 3. The van der Waals surface area contributed by atoms with Crippen LogP contribution in [-0.2, 0) is 9.59 Å². The minimum absolute atomic E-state index is 0.0861. The maximum atomic E-state index is 12.7. The number of urea groups is 1. The zero-order chi connectivity index (χ0) is 20.3. The van der Waals surface area contributed by atoms with E-state index in [-0.39, 0.29) is 23.9 Å². The Morgan fingerprint density at radius 2 is 2.14 bits per heavy atom. The van der Waals surface area contributed by atoms with E-state index in [2.05, 4.69) is 16.0 Å². The summed E-state index contributed by atoms with van der Waals surface area (Å²) >= 11 is 6.07. The Hall–Kier alpha value is -2.32. The Morgan fingerprint density at radius 3 is 2.89 bits per heavy atom. The number of hydrogen-bond donors (Lipinski definition) is 4. The lowest BCUT2D eigenvalue weighted by molar-refractivity contribution is -0.147. The van der Waals surface area contributed by atoms with E-state index in [0.717, 1.165) is 18.4 Å². The highest BCUT2D eigenvalue weighted by atomic mass is 35.5. The molecule has 3 atom stereocenters. The number of hydrogen-bond acceptors (Lipinski definition) is 4. The van der Waals surface area contributed by atoms with Crippen molar-refractivity contribution in [3.63, 3.8) is 0 Å². The second kappa shape index (κ2) is 8.79. The standard InChI is InChI=1S/C19H26ClN5O3/c1-11-13(20)5-4-7-14(11)24-19(28)22-12-9-16-17(26)23-15(6-2-3-8-21)18(27)25(16)10-12/h4-5,7,12,15-16H,2-3,6,8-10,21H2,1H3,(H,23,26)(H2,22,24,28)/t12-,15-,16-/m0/s1. The molecule has 0 aromatic heterocycles. The molecule has 9 heteroatoms. The van der Waals surface area contributed by atoms with Crippen molar-refractivity contribution < 1.29 is 14.4 Å². The Balaban J connectivity index is 1.58. The zero-order valence-corrected chi connectivity index (χ0v) is 16.6. The number of fused-ring (bicyclic) bond motifs is 1. The topological polar surface area (TPSA) is 117 Å². The van der Waals surface area contributed by atoms with Gasteiger partial charge in [0.15, 0.2) is 0 Å². The van der Waals surface area contributed by atoms with Gasteiger partial charge in [0.2, 0.25) is 11.8 Å². The first-order valence-corrected chi connectivity index (χ1v) is 9.92. The summed E-state index contributed by atoms with van der Waals surface area (Å²) in [5.41, 5.74) is 6.89. The minimum atomic E-state index is -0.531. The van der Waals surface area contributed by atoms with Crippen LogP contribution in [-0.4, -0.2) is 54.0 Å². The fraction of sp³-hybridized carbons (Fsp3) is 0.526. The Kier molecular flexibility index (Phi) is 6.41. The minimum Gasteiger partial charge on any atom is -0.343 e. The van der Waals surface area contributed by atoms with Crippen molar-refractivity contribution in [2.24, 2.45) is 5.73 Å². The number of carbonyl (C=O) groups excluding carboxylic acids is 3. The number of amides is 4. The highest BCUT2D eigenvalue weighted by Crippen LogP contribution is 2.25. The number of piperazine rings is 1. The third kappa shape index (κ3) is 4.39. The van der Waals surface area contributed by atoms with Crippen molar-refractivity contribution in [1.29, 1.82) is 0 Å². The van der Waals surface area contributed by atoms with Gasteiger partial charge in [0.05, 0.1) is 6.04 Å². The molecule has 3 rings (SSSR count). The molecule has 2 heterocycles. The van der Waals surface area contributed by atoms with Crippen LogP contribution in [0.15, 0.2) is 18.2 Å². The van der Waals surface area contributed by atoms with E-state index in [4.69, 9.17) is 17.3 Å². The summed E-state index contributed by atoms with van der Waals surface area (Å²) in [7, 11) is 0. The van der Waals surface area contributed by atoms with Gasteiger partial charge >= 0.3 is 6.03 Å². The van der Waals surface area contributed by atoms with Gasteiger partial charge in [0.25, 0.3) is 0 Å². The lowest BCUT2D eigenvalue weighted by atomic mass is 10.0. The number of benzene rings is 1. The molecule has 2 saturated heterocycles. The van der Waals surface area contributed by atoms with Crippen LogP contribution < -0.4 is 21.7 Å². The molecule has 2 aliphatic heterocycles. The van der Waals surface area contributed by atoms with Gasteiger partial charge in [-0.2, -0.15) is 0 Å². The monoisotopic (exact) mass is 407 g/mol. The third-order valence-electron chi connectivity index (χ3n) is 5.30. The van der Waals surface area contributed by atoms with Crippen molar-refractivity contribution >= 4 is 35.1 Å². The highest BCUT2D eigenvalue weighted by molar-refractivity contribution is 6.31. The summed E-state index contributed by atoms with van der Waals surface area (Å²) < 4.78 is 0. The van der Waals surface area contributed by atoms with Gasteiger partial charge < -0.3 is 26.6 Å². The van der Waals surface area contributed by atoms with Crippen LogP contribution in [0.2, 0.25) is 5.02 Å². The Morgan fingerprint density at radius 1 is 1.36 bits per heavy atom. The molecule has 0 bridgehead atoms. The molecule has 1 aromatic rings. The molecule has 28 heavy (non-hydrogen) atoms. The van der Waals surface area contributed by atoms with E-state index in [0.29, 0.717) is 36.6 Å². The van der Waals surface area contributed by atoms with Gasteiger partial charge in [-0.3, -0.25) is 9.59 Å². The fourth-order valence-electron chi connectivity index (χ4n) is 3.74. The van der Waals surface area contributed by atoms with E-state index in [9.17, 15) is 14.4 Å². The lowest BCUT2D eigenvalue weighted by Gasteiger charge is -2.34. The quantitative estimate of drug-likeness (QED) is 0.533. The molecule has 0 radical (unpaired) electrons. The van der Waals surface area contributed by atoms with Gasteiger partial charge in [-0.25, -0.2) is 4.79 Å². The van der Waals surface area contributed by atoms with E-state index in [1.54, 1.807) is 23.1 Å². The van der Waals surface area contributed by atoms with Gasteiger partial charge in [-0.1, -0.05) is 17.7 Å². The lowest BCUT2D eigenvalue weighted by Crippen LogP contribution is -2.61. The van der Waals surface area contributed by atoms with E-state index in [1.807, 2.05) is 6.92 Å². The first kappa shape index (κ1) is 20.4. The summed E-state index contributed by atoms with van der Waals surface area (Å²) in [6.07, 6.45) is 2.58. The van der Waals surface area contributed by atoms with Gasteiger partial charge in [0, 0.05) is 17.3 Å². The molecule has 0 aliphatic carbocycles. The number of nitrogens with one attached hydrogen (secondary N) is 3. The van der Waals surface area contributed by atoms with Crippen molar-refractivity contribution in [3.05, 3.63) is 28.8 Å². The van der Waals surface area contributed by atoms with Crippen LogP contribution >= 0.6 is 11.6 Å². The fourth-order valence-corrected chi connectivity index (χ4v) is 3.91. The van der Waals surface area contributed by atoms with E-state index in [1.165, 1.54) is 0 Å². The second-order valence-corrected chi connectivity index (χ2v) is 7.70. The van der Waals surface area contributed by atoms with E-state index >= 15 is 0 Å². The Bertz CT molecular complexity index is 772. The first-order chi connectivity index (χ1) is 13.4. The van der Waals surface area contributed by atoms with Crippen LogP contribution in [0.25, 0.3) is 0 Å². The molecule has 0 unspecified atom stereocenters. The summed E-state index contributed by atoms with van der Waals surface area (Å²) in [5, 5.41) is 9.01. The van der Waals surface area contributed by atoms with Crippen molar-refractivity contribution in [3.8, 4) is 0 Å². The maximum Gasteiger partial charge on any atom is 0.319 e. The van der Waals surface area contributed by atoms with Crippen molar-refractivity contribution in [2.45, 2.75) is 50.7 Å². The van der Waals surface area contributed by atoms with Crippen LogP contribution in [0.3, 0.4) is 0 Å². The van der Waals surface area contributed by atoms with Crippen molar-refractivity contribution in [1.82, 2.24) is 15.5 Å². The predicted octanol–water partition coefficient (Wildman–Crippen LogP) is 1.37. The van der Waals surface area contributed by atoms with Crippen LogP contribution in [0.1, 0.15) is 31.2 Å². The number of nitrogens with zero attached hydrogens (tertiary/aromatic N) is 1. The average molecular weight is 408 g/mol. The van der Waals surface area contributed by atoms with Gasteiger partial charge in [-0.05, 0) is 56.8 Å². The number of nitrogens with two attached hydrogens (primary N) is 1. The molecular weight excluding hydrogens is 382 g/mol. The van der Waals surface area contributed by atoms with E-state index < -0.39 is 12.1 Å². The number of anilines is 1. The predicted molar refractivity (Wildman–Crippen MR) is 107 cm³/mol. The van der Waals surface area contributed by atoms with Crippen LogP contribution in [0.5, 0.6) is 0 Å². The molecule has 2 aliphatic rings. The SMILES string of the molecule is Cc1c(Cl)cccc1NC(=O)N[C@H]1C[C@H]2C(=O)N[C@@H](CCCCN)C(=O)N2C1. The summed E-state index contributed by atoms with van der Waals surface area (Å²) in [6, 6.07) is 3.57. The molecular formula is C19H26ClN5O3. The number of unbranched alkanes of at least 4 members (excludes halogenated alkanes) is 1. The molecule has 2 fully saturated rings. The number of halogens is 1. The smallest absolute Gasteiger partial charge is 0.319 e. The molecule has 5 N–H and O–H groups in total. The molecule has 0 saturated carbocycles.